The molecule has 0 amide bonds. The summed E-state index contributed by atoms with van der Waals surface area (Å²) in [7, 11) is 0. The Morgan fingerprint density at radius 1 is 0.181 bits per heavy atom. The second-order valence-corrected chi connectivity index (χ2v) is 17.4. The molecule has 6 N–H and O–H groups in total. The predicted octanol–water partition coefficient (Wildman–Crippen LogP) is 11.2. The molecule has 512 valence electrons. The van der Waals surface area contributed by atoms with E-state index in [-0.39, 0.29) is 50.6 Å². The maximum atomic E-state index is 7.79. The van der Waals surface area contributed by atoms with Gasteiger partial charge in [-0.2, -0.15) is 42.1 Å². The Kier molecular flexibility index (Phi) is 55.3. The smallest absolute Gasteiger partial charge is 0.762 e. The number of rotatable bonds is 6. The van der Waals surface area contributed by atoms with Crippen LogP contribution >= 0.6 is 0 Å². The normalized spacial score (nSPS) is 7.92. The Labute approximate surface area is 625 Å². The van der Waals surface area contributed by atoms with Crippen LogP contribution < -0.4 is 0 Å². The van der Waals surface area contributed by atoms with Crippen LogP contribution in [0, 0.1) is 90.6 Å². The van der Waals surface area contributed by atoms with Crippen LogP contribution in [-0.2, 0) is 34.1 Å². The summed E-state index contributed by atoms with van der Waals surface area (Å²) in [5.41, 5.74) is 9.37. The second kappa shape index (κ2) is 62.0. The summed E-state index contributed by atoms with van der Waals surface area (Å²) in [5, 5.41) is 93.5. The van der Waals surface area contributed by atoms with Crippen molar-refractivity contribution in [3.63, 3.8) is 0 Å². The summed E-state index contributed by atoms with van der Waals surface area (Å²) in [6.45, 7) is 0. The van der Waals surface area contributed by atoms with Gasteiger partial charge in [-0.3, -0.25) is 59.8 Å². The number of hydrogen-bond donors (Lipinski definition) is 0. The van der Waals surface area contributed by atoms with Gasteiger partial charge in [-0.15, -0.1) is 0 Å². The standard InChI is InChI=1S/6C10H8N2.4C4N3.2Fe.3H2O/c6*1-3-7-11-9(5-1)10-6-2-4-8-12-10;4*5-1-4(2-6)3-7;;;;;/h6*1-8H;;;;;;;3*1H2/q;;;;;;4*-1;2*+2;;;. The molecule has 0 saturated carbocycles. The molecule has 12 rings (SSSR count). The first-order valence-electron chi connectivity index (χ1n) is 28.4. The molecule has 0 saturated heterocycles. The number of hydrogen-bond acceptors (Lipinski definition) is 20. The molecule has 12 heterocycles. The van der Waals surface area contributed by atoms with Crippen LogP contribution in [0.25, 0.3) is 90.0 Å². The molecule has 0 unspecified atom stereocenters. The average Bonchev–Trinajstić information content (AvgIpc) is 0.940. The first-order valence-corrected chi connectivity index (χ1v) is 28.4. The van der Waals surface area contributed by atoms with Crippen molar-refractivity contribution in [2.24, 2.45) is 0 Å². The molecule has 0 aliphatic carbocycles. The third kappa shape index (κ3) is 40.1. The molecule has 0 fully saturated rings. The fourth-order valence-electron chi connectivity index (χ4n) is 6.47. The molecule has 0 radical (unpaired) electrons. The van der Waals surface area contributed by atoms with Gasteiger partial charge in [0.2, 0.25) is 0 Å². The van der Waals surface area contributed by atoms with Gasteiger partial charge in [0.1, 0.15) is 70.8 Å². The van der Waals surface area contributed by atoms with Gasteiger partial charge >= 0.3 is 34.1 Å². The van der Waals surface area contributed by atoms with Crippen molar-refractivity contribution in [1.82, 2.24) is 59.8 Å². The van der Waals surface area contributed by atoms with Gasteiger partial charge in [-0.05, 0) is 146 Å². The third-order valence-corrected chi connectivity index (χ3v) is 10.9. The van der Waals surface area contributed by atoms with Crippen LogP contribution in [0.5, 0.6) is 0 Å². The van der Waals surface area contributed by atoms with E-state index in [1.165, 1.54) is 72.0 Å². The summed E-state index contributed by atoms with van der Waals surface area (Å²) in [6.07, 6.45) is 21.2. The van der Waals surface area contributed by atoms with E-state index >= 15 is 0 Å². The molecule has 0 aliphatic rings. The zero-order chi connectivity index (χ0) is 72.1. The monoisotopic (exact) mass is 1460 g/mol. The second-order valence-electron chi connectivity index (χ2n) is 17.4. The topological polar surface area (TPSA) is 529 Å². The van der Waals surface area contributed by atoms with Gasteiger partial charge in [-0.25, -0.2) is 23.5 Å². The van der Waals surface area contributed by atoms with Crippen LogP contribution in [0.15, 0.2) is 315 Å². The Morgan fingerprint density at radius 3 is 0.305 bits per heavy atom. The van der Waals surface area contributed by atoms with Crippen molar-refractivity contribution < 1.29 is 50.6 Å². The average molecular weight is 1460 g/mol. The molecule has 27 nitrogen and oxygen atoms in total. The quantitative estimate of drug-likeness (QED) is 0.0847. The SMILES string of the molecule is N#CC(=C=[N-])C#N.N#CC(=C=[N-])C#N.N#CC(=C=[N-])C#N.N#CC(=C=[N-])C#N.O.O.O.[Fe+2].[Fe+2].c1ccc(-c2ccccn2)nc1.c1ccc(-c2ccccn2)nc1.c1ccc(-c2ccccn2)nc1.c1ccc(-c2ccccn2)nc1.c1ccc(-c2ccccn2)nc1.c1ccc(-c2ccccn2)nc1. The minimum Gasteiger partial charge on any atom is -0.762 e. The van der Waals surface area contributed by atoms with E-state index in [0.29, 0.717) is 0 Å². The maximum absolute atomic E-state index is 7.79. The van der Waals surface area contributed by atoms with E-state index in [0.717, 1.165) is 68.3 Å². The van der Waals surface area contributed by atoms with Gasteiger partial charge in [0.15, 0.2) is 0 Å². The Morgan fingerprint density at radius 2 is 0.267 bits per heavy atom. The first-order chi connectivity index (χ1) is 49.2. The molecule has 29 heteroatoms. The van der Waals surface area contributed by atoms with E-state index in [4.69, 9.17) is 63.7 Å². The number of nitriles is 8. The summed E-state index contributed by atoms with van der Waals surface area (Å²) >= 11 is 0. The molecule has 0 aliphatic heterocycles. The van der Waals surface area contributed by atoms with Gasteiger partial charge in [0.25, 0.3) is 0 Å². The minimum absolute atomic E-state index is 0. The summed E-state index contributed by atoms with van der Waals surface area (Å²) in [4.78, 5) is 50.2. The number of allylic oxidation sites excluding steroid dienone is 4. The van der Waals surface area contributed by atoms with Crippen LogP contribution in [0.1, 0.15) is 0 Å². The van der Waals surface area contributed by atoms with Crippen molar-refractivity contribution in [1.29, 1.82) is 42.1 Å². The number of pyridine rings is 12. The van der Waals surface area contributed by atoms with Crippen molar-refractivity contribution in [2.75, 3.05) is 0 Å². The molecule has 0 bridgehead atoms. The molecule has 0 aromatic carbocycles. The fourth-order valence-corrected chi connectivity index (χ4v) is 6.47. The number of aromatic nitrogens is 12. The van der Waals surface area contributed by atoms with Crippen molar-refractivity contribution in [2.45, 2.75) is 0 Å². The van der Waals surface area contributed by atoms with Gasteiger partial charge in [-0.1, -0.05) is 72.8 Å². The number of nitrogens with zero attached hydrogens (tertiary/aromatic N) is 24. The molecular weight excluding hydrogens is 1410 g/mol. The molecule has 0 atom stereocenters. The minimum atomic E-state index is -0.403. The first kappa shape index (κ1) is 93.6. The van der Waals surface area contributed by atoms with Gasteiger partial charge < -0.3 is 38.1 Å². The summed E-state index contributed by atoms with van der Waals surface area (Å²) in [6, 6.07) is 80.7. The maximum Gasteiger partial charge on any atom is 2.00 e. The Bertz CT molecular complexity index is 3860. The molecule has 105 heavy (non-hydrogen) atoms. The molecule has 0 spiro atoms. The summed E-state index contributed by atoms with van der Waals surface area (Å²) < 4.78 is 0. The summed E-state index contributed by atoms with van der Waals surface area (Å²) in [5.74, 6) is 5.58. The third-order valence-electron chi connectivity index (χ3n) is 10.9. The Balaban J connectivity index is -0.00000111. The molecule has 12 aromatic rings. The van der Waals surface area contributed by atoms with Crippen LogP contribution in [0.3, 0.4) is 0 Å². The van der Waals surface area contributed by atoms with E-state index in [1.807, 2.05) is 218 Å². The van der Waals surface area contributed by atoms with E-state index in [2.05, 4.69) is 59.8 Å². The van der Waals surface area contributed by atoms with Crippen molar-refractivity contribution in [3.05, 3.63) is 337 Å². The van der Waals surface area contributed by atoms with E-state index in [1.54, 1.807) is 74.4 Å². The Hall–Kier alpha value is -15.6. The predicted molar refractivity (Wildman–Crippen MR) is 388 cm³/mol. The zero-order valence-electron chi connectivity index (χ0n) is 54.7. The molecule has 12 aromatic heterocycles. The van der Waals surface area contributed by atoms with Gasteiger partial charge in [0.05, 0.1) is 68.3 Å². The van der Waals surface area contributed by atoms with Gasteiger partial charge in [0, 0.05) is 74.4 Å². The largest absolute Gasteiger partial charge is 2.00 e. The van der Waals surface area contributed by atoms with Crippen LogP contribution in [-0.4, -0.2) is 99.7 Å². The zero-order valence-corrected chi connectivity index (χ0v) is 56.9. The van der Waals surface area contributed by atoms with E-state index in [9.17, 15) is 0 Å². The van der Waals surface area contributed by atoms with Crippen LogP contribution in [0.2, 0.25) is 0 Å². The van der Waals surface area contributed by atoms with E-state index < -0.39 is 22.3 Å². The fraction of sp³-hybridized carbons (Fsp3) is 0. The molecular formula is C76H54Fe2N24O3. The van der Waals surface area contributed by atoms with Crippen LogP contribution in [0.4, 0.5) is 0 Å². The van der Waals surface area contributed by atoms with Crippen molar-refractivity contribution >= 4 is 23.5 Å². The van der Waals surface area contributed by atoms with Crippen molar-refractivity contribution in [3.8, 4) is 117 Å².